The number of ether oxygens (including phenoxy) is 1. The number of benzene rings is 1. The molecule has 2 rings (SSSR count). The Bertz CT molecular complexity index is 599. The van der Waals surface area contributed by atoms with Crippen LogP contribution >= 0.6 is 0 Å². The summed E-state index contributed by atoms with van der Waals surface area (Å²) < 4.78 is 40.6. The number of rotatable bonds is 5. The fraction of sp³-hybridized carbons (Fsp3) is 0.364. The molecule has 1 aliphatic rings. The highest BCUT2D eigenvalue weighted by Gasteiger charge is 2.24. The van der Waals surface area contributed by atoms with Crippen LogP contribution in [0.2, 0.25) is 0 Å². The van der Waals surface area contributed by atoms with Gasteiger partial charge >= 0.3 is 0 Å². The van der Waals surface area contributed by atoms with Gasteiger partial charge in [0.15, 0.2) is 6.61 Å². The van der Waals surface area contributed by atoms with Gasteiger partial charge in [0.25, 0.3) is 5.91 Å². The van der Waals surface area contributed by atoms with Crippen molar-refractivity contribution in [3.05, 3.63) is 24.0 Å². The van der Waals surface area contributed by atoms with Crippen LogP contribution in [-0.2, 0) is 14.8 Å². The Morgan fingerprint density at radius 3 is 2.74 bits per heavy atom. The molecule has 0 heterocycles. The molecule has 6 nitrogen and oxygen atoms in total. The van der Waals surface area contributed by atoms with E-state index in [1.165, 1.54) is 0 Å². The molecular formula is C11H13FN2O4S. The number of hydrogen-bond donors (Lipinski definition) is 2. The van der Waals surface area contributed by atoms with E-state index in [-0.39, 0.29) is 24.3 Å². The second-order valence-corrected chi connectivity index (χ2v) is 5.80. The van der Waals surface area contributed by atoms with Gasteiger partial charge in [0.2, 0.25) is 10.0 Å². The number of primary sulfonamides is 1. The Morgan fingerprint density at radius 1 is 1.47 bits per heavy atom. The summed E-state index contributed by atoms with van der Waals surface area (Å²) in [4.78, 5) is 10.9. The predicted molar refractivity (Wildman–Crippen MR) is 64.4 cm³/mol. The van der Waals surface area contributed by atoms with E-state index in [0.717, 1.165) is 31.0 Å². The molecule has 0 aromatic heterocycles. The topological polar surface area (TPSA) is 98.5 Å². The first-order valence-corrected chi connectivity index (χ1v) is 7.15. The summed E-state index contributed by atoms with van der Waals surface area (Å²) in [6.07, 6.45) is 1.87. The molecular weight excluding hydrogens is 275 g/mol. The van der Waals surface area contributed by atoms with E-state index < -0.39 is 20.7 Å². The zero-order valence-electron chi connectivity index (χ0n) is 9.93. The minimum Gasteiger partial charge on any atom is -0.482 e. The highest BCUT2D eigenvalue weighted by atomic mass is 32.2. The fourth-order valence-corrected chi connectivity index (χ4v) is 2.15. The first-order chi connectivity index (χ1) is 8.86. The molecule has 104 valence electrons. The first-order valence-electron chi connectivity index (χ1n) is 5.61. The maximum Gasteiger partial charge on any atom is 0.258 e. The third-order valence-corrected chi connectivity index (χ3v) is 3.45. The second kappa shape index (κ2) is 5.14. The van der Waals surface area contributed by atoms with Gasteiger partial charge in [-0.1, -0.05) is 0 Å². The Balaban J connectivity index is 2.08. The van der Waals surface area contributed by atoms with Crippen LogP contribution in [0.25, 0.3) is 0 Å². The summed E-state index contributed by atoms with van der Waals surface area (Å²) in [5.74, 6) is -1.25. The van der Waals surface area contributed by atoms with Crippen molar-refractivity contribution in [2.45, 2.75) is 23.8 Å². The van der Waals surface area contributed by atoms with Crippen LogP contribution in [0.1, 0.15) is 12.8 Å². The van der Waals surface area contributed by atoms with Crippen LogP contribution in [0.4, 0.5) is 4.39 Å². The summed E-state index contributed by atoms with van der Waals surface area (Å²) in [5.41, 5.74) is 0. The molecule has 1 amide bonds. The van der Waals surface area contributed by atoms with Crippen LogP contribution in [0.5, 0.6) is 5.75 Å². The Morgan fingerprint density at radius 2 is 2.16 bits per heavy atom. The molecule has 1 aromatic carbocycles. The molecule has 0 atom stereocenters. The zero-order chi connectivity index (χ0) is 14.0. The summed E-state index contributed by atoms with van der Waals surface area (Å²) in [6, 6.07) is 3.09. The maximum atomic E-state index is 13.0. The van der Waals surface area contributed by atoms with Gasteiger partial charge in [0.1, 0.15) is 16.5 Å². The average molecular weight is 288 g/mol. The molecule has 1 aliphatic carbocycles. The fourth-order valence-electron chi connectivity index (χ4n) is 1.46. The Kier molecular flexibility index (Phi) is 3.72. The van der Waals surface area contributed by atoms with Gasteiger partial charge < -0.3 is 10.1 Å². The van der Waals surface area contributed by atoms with Gasteiger partial charge in [-0.15, -0.1) is 0 Å². The minimum atomic E-state index is -4.11. The van der Waals surface area contributed by atoms with Crippen molar-refractivity contribution >= 4 is 15.9 Å². The molecule has 1 saturated carbocycles. The minimum absolute atomic E-state index is 0.144. The number of carbonyl (C=O) groups is 1. The van der Waals surface area contributed by atoms with Crippen molar-refractivity contribution in [1.82, 2.24) is 5.32 Å². The second-order valence-electron chi connectivity index (χ2n) is 4.27. The van der Waals surface area contributed by atoms with Gasteiger partial charge in [-0.25, -0.2) is 17.9 Å². The number of hydrogen-bond acceptors (Lipinski definition) is 4. The molecule has 1 fully saturated rings. The largest absolute Gasteiger partial charge is 0.482 e. The molecule has 0 saturated heterocycles. The van der Waals surface area contributed by atoms with E-state index in [0.29, 0.717) is 0 Å². The van der Waals surface area contributed by atoms with Crippen molar-refractivity contribution in [1.29, 1.82) is 0 Å². The van der Waals surface area contributed by atoms with Crippen molar-refractivity contribution in [2.24, 2.45) is 5.14 Å². The van der Waals surface area contributed by atoms with Crippen LogP contribution in [0, 0.1) is 5.82 Å². The SMILES string of the molecule is NS(=O)(=O)c1cc(F)ccc1OCC(=O)NC1CC1. The molecule has 19 heavy (non-hydrogen) atoms. The number of nitrogens with two attached hydrogens (primary N) is 1. The van der Waals surface area contributed by atoms with Crippen LogP contribution in [0.15, 0.2) is 23.1 Å². The molecule has 1 aromatic rings. The lowest BCUT2D eigenvalue weighted by Crippen LogP contribution is -2.30. The Hall–Kier alpha value is -1.67. The number of sulfonamides is 1. The molecule has 8 heteroatoms. The molecule has 0 radical (unpaired) electrons. The number of nitrogens with one attached hydrogen (secondary N) is 1. The van der Waals surface area contributed by atoms with E-state index in [1.807, 2.05) is 0 Å². The van der Waals surface area contributed by atoms with Crippen LogP contribution in [0.3, 0.4) is 0 Å². The first kappa shape index (κ1) is 13.8. The lowest BCUT2D eigenvalue weighted by molar-refractivity contribution is -0.123. The number of amides is 1. The summed E-state index contributed by atoms with van der Waals surface area (Å²) >= 11 is 0. The van der Waals surface area contributed by atoms with E-state index in [1.54, 1.807) is 0 Å². The van der Waals surface area contributed by atoms with Crippen molar-refractivity contribution in [3.63, 3.8) is 0 Å². The normalized spacial score (nSPS) is 15.1. The zero-order valence-corrected chi connectivity index (χ0v) is 10.7. The quantitative estimate of drug-likeness (QED) is 0.804. The molecule has 0 spiro atoms. The van der Waals surface area contributed by atoms with Crippen molar-refractivity contribution < 1.29 is 22.3 Å². The van der Waals surface area contributed by atoms with Crippen molar-refractivity contribution in [3.8, 4) is 5.75 Å². The van der Waals surface area contributed by atoms with Gasteiger partial charge in [0.05, 0.1) is 0 Å². The lowest BCUT2D eigenvalue weighted by Gasteiger charge is -2.10. The van der Waals surface area contributed by atoms with E-state index >= 15 is 0 Å². The smallest absolute Gasteiger partial charge is 0.258 e. The molecule has 0 aliphatic heterocycles. The van der Waals surface area contributed by atoms with Gasteiger partial charge in [-0.2, -0.15) is 0 Å². The third-order valence-electron chi connectivity index (χ3n) is 2.51. The van der Waals surface area contributed by atoms with Crippen LogP contribution in [-0.4, -0.2) is 27.0 Å². The van der Waals surface area contributed by atoms with E-state index in [4.69, 9.17) is 9.88 Å². The van der Waals surface area contributed by atoms with Gasteiger partial charge in [-0.05, 0) is 31.0 Å². The van der Waals surface area contributed by atoms with E-state index in [9.17, 15) is 17.6 Å². The molecule has 3 N–H and O–H groups in total. The Labute approximate surface area is 109 Å². The summed E-state index contributed by atoms with van der Waals surface area (Å²) in [5, 5.41) is 7.62. The number of carbonyl (C=O) groups excluding carboxylic acids is 1. The summed E-state index contributed by atoms with van der Waals surface area (Å²) in [6.45, 7) is -0.343. The standard InChI is InChI=1S/C11H13FN2O4S/c12-7-1-4-9(10(5-7)19(13,16)17)18-6-11(15)14-8-2-3-8/h1,4-5,8H,2-3,6H2,(H,14,15)(H2,13,16,17). The van der Waals surface area contributed by atoms with E-state index in [2.05, 4.69) is 5.32 Å². The van der Waals surface area contributed by atoms with Gasteiger partial charge in [-0.3, -0.25) is 4.79 Å². The predicted octanol–water partition coefficient (Wildman–Crippen LogP) is 0.131. The number of halogens is 1. The summed E-state index contributed by atoms with van der Waals surface area (Å²) in [7, 11) is -4.11. The highest BCUT2D eigenvalue weighted by Crippen LogP contribution is 2.23. The third kappa shape index (κ3) is 3.90. The maximum absolute atomic E-state index is 13.0. The average Bonchev–Trinajstić information content (AvgIpc) is 3.10. The highest BCUT2D eigenvalue weighted by molar-refractivity contribution is 7.89. The molecule has 0 unspecified atom stereocenters. The van der Waals surface area contributed by atoms with Crippen LogP contribution < -0.4 is 15.2 Å². The lowest BCUT2D eigenvalue weighted by atomic mass is 10.3. The van der Waals surface area contributed by atoms with Crippen molar-refractivity contribution in [2.75, 3.05) is 6.61 Å². The molecule has 0 bridgehead atoms. The monoisotopic (exact) mass is 288 g/mol. The van der Waals surface area contributed by atoms with Gasteiger partial charge in [0, 0.05) is 6.04 Å².